The molecule has 1 saturated heterocycles. The van der Waals surface area contributed by atoms with Crippen molar-refractivity contribution in [2.45, 2.75) is 32.4 Å². The highest BCUT2D eigenvalue weighted by atomic mass is 16.1. The predicted octanol–water partition coefficient (Wildman–Crippen LogP) is 3.65. The molecule has 0 aliphatic carbocycles. The monoisotopic (exact) mass is 469 g/mol. The maximum absolute atomic E-state index is 12.6. The van der Waals surface area contributed by atoms with E-state index in [0.717, 1.165) is 75.7 Å². The maximum Gasteiger partial charge on any atom is 0.146 e. The number of aromatic nitrogens is 2. The van der Waals surface area contributed by atoms with Gasteiger partial charge < -0.3 is 4.90 Å². The summed E-state index contributed by atoms with van der Waals surface area (Å²) < 4.78 is 0. The minimum absolute atomic E-state index is 0.366. The summed E-state index contributed by atoms with van der Waals surface area (Å²) in [5, 5.41) is 0. The Morgan fingerprint density at radius 1 is 0.771 bits per heavy atom. The van der Waals surface area contributed by atoms with Crippen molar-refractivity contribution in [3.05, 3.63) is 83.3 Å². The van der Waals surface area contributed by atoms with E-state index in [1.807, 2.05) is 12.3 Å². The van der Waals surface area contributed by atoms with Crippen LogP contribution in [0.2, 0.25) is 0 Å². The Morgan fingerprint density at radius 2 is 1.51 bits per heavy atom. The number of carbonyl (C=O) groups is 1. The van der Waals surface area contributed by atoms with Crippen molar-refractivity contribution in [1.82, 2.24) is 24.7 Å². The third-order valence-corrected chi connectivity index (χ3v) is 7.03. The Morgan fingerprint density at radius 3 is 2.31 bits per heavy atom. The molecule has 6 nitrogen and oxygen atoms in total. The van der Waals surface area contributed by atoms with E-state index in [1.165, 1.54) is 16.7 Å². The normalized spacial score (nSPS) is 22.3. The third-order valence-electron chi connectivity index (χ3n) is 7.03. The standard InChI is InChI=1S/C29H35N5O/c1-32-13-3-6-27(35)22-34-16-14-33(15-17-34)21-25-5-2-4-24(18-25)19-29-30-12-11-28(31-29)26-9-7-23(20-32)8-10-26/h2,4-5,7-12,18H,3,6,13-17,19-22H2,1H3. The minimum atomic E-state index is 0.366. The Kier molecular flexibility index (Phi) is 7.62. The van der Waals surface area contributed by atoms with E-state index in [-0.39, 0.29) is 0 Å². The summed E-state index contributed by atoms with van der Waals surface area (Å²) in [7, 11) is 2.13. The van der Waals surface area contributed by atoms with Gasteiger partial charge >= 0.3 is 0 Å². The van der Waals surface area contributed by atoms with Crippen LogP contribution in [0.4, 0.5) is 0 Å². The highest BCUT2D eigenvalue weighted by Crippen LogP contribution is 2.20. The van der Waals surface area contributed by atoms with Crippen molar-refractivity contribution < 1.29 is 4.79 Å². The van der Waals surface area contributed by atoms with Crippen molar-refractivity contribution in [1.29, 1.82) is 0 Å². The number of carbonyl (C=O) groups excluding carboxylic acids is 1. The Bertz CT molecular complexity index is 1140. The van der Waals surface area contributed by atoms with E-state index in [9.17, 15) is 4.79 Å². The van der Waals surface area contributed by atoms with E-state index in [1.54, 1.807) is 0 Å². The van der Waals surface area contributed by atoms with E-state index in [4.69, 9.17) is 4.98 Å². The zero-order valence-electron chi connectivity index (χ0n) is 20.7. The summed E-state index contributed by atoms with van der Waals surface area (Å²) in [5.74, 6) is 1.21. The van der Waals surface area contributed by atoms with Crippen LogP contribution in [0.5, 0.6) is 0 Å². The first-order valence-corrected chi connectivity index (χ1v) is 12.7. The quantitative estimate of drug-likeness (QED) is 0.501. The van der Waals surface area contributed by atoms with Crippen LogP contribution in [0.3, 0.4) is 0 Å². The lowest BCUT2D eigenvalue weighted by molar-refractivity contribution is -0.120. The summed E-state index contributed by atoms with van der Waals surface area (Å²) in [6.07, 6.45) is 4.16. The molecule has 5 aliphatic heterocycles. The minimum Gasteiger partial charge on any atom is -0.302 e. The molecule has 5 aliphatic rings. The van der Waals surface area contributed by atoms with E-state index < -0.39 is 0 Å². The molecule has 6 heteroatoms. The Labute approximate surface area is 208 Å². The molecule has 1 aromatic heterocycles. The van der Waals surface area contributed by atoms with Gasteiger partial charge in [-0.3, -0.25) is 14.6 Å². The zero-order chi connectivity index (χ0) is 24.0. The van der Waals surface area contributed by atoms with Gasteiger partial charge in [0.25, 0.3) is 0 Å². The number of Topliss-reactive ketones (excluding diaryl/α,β-unsaturated/α-hetero) is 1. The predicted molar refractivity (Wildman–Crippen MR) is 139 cm³/mol. The number of benzene rings is 2. The molecule has 1 fully saturated rings. The van der Waals surface area contributed by atoms with E-state index in [0.29, 0.717) is 18.7 Å². The lowest BCUT2D eigenvalue weighted by Gasteiger charge is -2.34. The number of rotatable bonds is 0. The van der Waals surface area contributed by atoms with Crippen molar-refractivity contribution in [2.24, 2.45) is 0 Å². The largest absolute Gasteiger partial charge is 0.302 e. The van der Waals surface area contributed by atoms with Crippen LogP contribution in [-0.4, -0.2) is 76.8 Å². The van der Waals surface area contributed by atoms with Crippen LogP contribution in [0.1, 0.15) is 35.4 Å². The lowest BCUT2D eigenvalue weighted by Crippen LogP contribution is -2.47. The second-order valence-corrected chi connectivity index (χ2v) is 9.98. The SMILES string of the molecule is CN1CCCC(=O)CN2CCN(CC2)Cc2cccc(c2)Cc2nccc(n2)-c2ccc(cc2)C1. The van der Waals surface area contributed by atoms with Gasteiger partial charge in [0.05, 0.1) is 12.2 Å². The fourth-order valence-electron chi connectivity index (χ4n) is 5.08. The van der Waals surface area contributed by atoms with Gasteiger partial charge in [0.1, 0.15) is 11.6 Å². The van der Waals surface area contributed by atoms with Gasteiger partial charge in [-0.2, -0.15) is 0 Å². The molecule has 0 saturated carbocycles. The van der Waals surface area contributed by atoms with Crippen LogP contribution < -0.4 is 0 Å². The van der Waals surface area contributed by atoms with Gasteiger partial charge in [-0.15, -0.1) is 0 Å². The van der Waals surface area contributed by atoms with Crippen LogP contribution in [0.25, 0.3) is 11.3 Å². The smallest absolute Gasteiger partial charge is 0.146 e. The molecular weight excluding hydrogens is 434 g/mol. The second-order valence-electron chi connectivity index (χ2n) is 9.98. The highest BCUT2D eigenvalue weighted by Gasteiger charge is 2.19. The van der Waals surface area contributed by atoms with Gasteiger partial charge in [0, 0.05) is 63.9 Å². The van der Waals surface area contributed by atoms with Gasteiger partial charge in [-0.25, -0.2) is 9.97 Å². The first kappa shape index (κ1) is 23.8. The van der Waals surface area contributed by atoms with Crippen molar-refractivity contribution in [3.63, 3.8) is 0 Å². The Hall–Kier alpha value is -2.93. The molecular formula is C29H35N5O. The zero-order valence-corrected chi connectivity index (χ0v) is 20.7. The van der Waals surface area contributed by atoms with Crippen molar-refractivity contribution in [2.75, 3.05) is 46.3 Å². The Balaban J connectivity index is 1.37. The molecule has 0 atom stereocenters. The first-order valence-electron chi connectivity index (χ1n) is 12.7. The molecule has 8 bridgehead atoms. The molecule has 2 aromatic carbocycles. The summed E-state index contributed by atoms with van der Waals surface area (Å²) in [6.45, 7) is 7.26. The molecule has 3 aromatic rings. The molecule has 8 rings (SSSR count). The lowest BCUT2D eigenvalue weighted by atomic mass is 10.1. The average molecular weight is 470 g/mol. The number of ketones is 1. The van der Waals surface area contributed by atoms with E-state index >= 15 is 0 Å². The fourth-order valence-corrected chi connectivity index (χ4v) is 5.08. The van der Waals surface area contributed by atoms with E-state index in [2.05, 4.69) is 75.3 Å². The maximum atomic E-state index is 12.6. The topological polar surface area (TPSA) is 52.6 Å². The molecule has 0 radical (unpaired) electrons. The second kappa shape index (κ2) is 11.2. The number of nitrogens with zero attached hydrogens (tertiary/aromatic N) is 5. The highest BCUT2D eigenvalue weighted by molar-refractivity contribution is 5.80. The van der Waals surface area contributed by atoms with Gasteiger partial charge in [0.2, 0.25) is 0 Å². The molecule has 0 N–H and O–H groups in total. The number of hydrogen-bond acceptors (Lipinski definition) is 6. The molecule has 0 amide bonds. The summed E-state index contributed by atoms with van der Waals surface area (Å²) in [5.41, 5.74) is 5.89. The summed E-state index contributed by atoms with van der Waals surface area (Å²) >= 11 is 0. The van der Waals surface area contributed by atoms with Gasteiger partial charge in [-0.1, -0.05) is 48.5 Å². The molecule has 6 heterocycles. The number of piperazine rings is 1. The van der Waals surface area contributed by atoms with Crippen LogP contribution in [0, 0.1) is 0 Å². The van der Waals surface area contributed by atoms with Gasteiger partial charge in [0.15, 0.2) is 0 Å². The summed E-state index contributed by atoms with van der Waals surface area (Å²) in [4.78, 5) is 29.1. The fraction of sp³-hybridized carbons (Fsp3) is 0.414. The van der Waals surface area contributed by atoms with Crippen LogP contribution >= 0.6 is 0 Å². The van der Waals surface area contributed by atoms with Crippen molar-refractivity contribution in [3.8, 4) is 11.3 Å². The molecule has 182 valence electrons. The first-order chi connectivity index (χ1) is 17.1. The molecule has 35 heavy (non-hydrogen) atoms. The third kappa shape index (κ3) is 6.60. The molecule has 0 unspecified atom stereocenters. The summed E-state index contributed by atoms with van der Waals surface area (Å²) in [6, 6.07) is 19.4. The van der Waals surface area contributed by atoms with Crippen LogP contribution in [-0.2, 0) is 24.3 Å². The molecule has 0 spiro atoms. The van der Waals surface area contributed by atoms with Gasteiger partial charge in [-0.05, 0) is 42.8 Å². The average Bonchev–Trinajstić information content (AvgIpc) is 2.86. The number of hydrogen-bond donors (Lipinski definition) is 0. The van der Waals surface area contributed by atoms with Crippen LogP contribution in [0.15, 0.2) is 60.8 Å². The van der Waals surface area contributed by atoms with Crippen molar-refractivity contribution >= 4 is 5.78 Å².